The molecule has 4 aromatic heterocycles. The van der Waals surface area contributed by atoms with Gasteiger partial charge in [0, 0.05) is 37.4 Å². The molecule has 1 fully saturated rings. The van der Waals surface area contributed by atoms with Crippen molar-refractivity contribution in [1.29, 1.82) is 0 Å². The largest absolute Gasteiger partial charge is 0.486 e. The minimum Gasteiger partial charge on any atom is -0.486 e. The number of rotatable bonds is 7. The second-order valence-electron chi connectivity index (χ2n) is 15.5. The van der Waals surface area contributed by atoms with E-state index in [-0.39, 0.29) is 25.5 Å². The Balaban J connectivity index is 0.000000199. The molecule has 0 atom stereocenters. The third kappa shape index (κ3) is 8.27. The average Bonchev–Trinajstić information content (AvgIpc) is 3.74. The first-order chi connectivity index (χ1) is 22.9. The van der Waals surface area contributed by atoms with Gasteiger partial charge < -0.3 is 9.40 Å². The minimum absolute atomic E-state index is 0. The number of benzene rings is 2. The molecule has 0 saturated heterocycles. The van der Waals surface area contributed by atoms with E-state index >= 15 is 0 Å². The number of furan rings is 1. The monoisotopic (exact) mass is 890 g/mol. The zero-order valence-electron chi connectivity index (χ0n) is 30.3. The van der Waals surface area contributed by atoms with Crippen LogP contribution in [-0.2, 0) is 31.9 Å². The van der Waals surface area contributed by atoms with Gasteiger partial charge in [-0.1, -0.05) is 43.7 Å². The van der Waals surface area contributed by atoms with Crippen molar-refractivity contribution in [3.05, 3.63) is 108 Å². The van der Waals surface area contributed by atoms with Gasteiger partial charge in [-0.2, -0.15) is 0 Å². The smallest absolute Gasteiger partial charge is 0.216 e. The standard InChI is InChI=1S/C25H25N2O.C18H24GeN.Ir/c1-16-11-12-20-19-9-6-10-21(23(19)28-24(20)27-16)22-15-18(13-14-26-22)25(2,3)17-7-4-5-8-17;1-14(2)11-16-12-18(15-9-7-6-8-10-15)20-13-17(16)19(3,4)5;/h6,9,11-15,17H,4-5,7-8H2,1-3H3;6-9,12-14H,11H2,1-5H3;/q2*-1;. The van der Waals surface area contributed by atoms with Crippen LogP contribution in [0.25, 0.3) is 44.6 Å². The molecule has 0 unspecified atom stereocenters. The molecule has 7 rings (SSSR count). The van der Waals surface area contributed by atoms with E-state index in [1.807, 2.05) is 49.5 Å². The van der Waals surface area contributed by atoms with E-state index in [0.717, 1.165) is 56.9 Å². The Labute approximate surface area is 309 Å². The van der Waals surface area contributed by atoms with E-state index in [1.165, 1.54) is 36.8 Å². The van der Waals surface area contributed by atoms with Crippen LogP contribution in [0.15, 0.2) is 83.5 Å². The first kappa shape index (κ1) is 37.1. The maximum absolute atomic E-state index is 6.16. The summed E-state index contributed by atoms with van der Waals surface area (Å²) in [5.41, 5.74) is 9.42. The van der Waals surface area contributed by atoms with E-state index in [2.05, 4.69) is 104 Å². The second-order valence-corrected chi connectivity index (χ2v) is 26.1. The summed E-state index contributed by atoms with van der Waals surface area (Å²) in [7, 11) is 0. The van der Waals surface area contributed by atoms with Crippen molar-refractivity contribution in [3.63, 3.8) is 0 Å². The predicted molar refractivity (Wildman–Crippen MR) is 203 cm³/mol. The molecule has 1 saturated carbocycles. The number of aromatic nitrogens is 3. The normalized spacial score (nSPS) is 13.8. The molecule has 49 heavy (non-hydrogen) atoms. The van der Waals surface area contributed by atoms with Crippen LogP contribution >= 0.6 is 0 Å². The van der Waals surface area contributed by atoms with Crippen molar-refractivity contribution in [2.75, 3.05) is 0 Å². The van der Waals surface area contributed by atoms with E-state index in [9.17, 15) is 0 Å². The molecule has 1 aliphatic rings. The molecule has 2 aromatic carbocycles. The molecule has 1 radical (unpaired) electrons. The molecule has 6 heteroatoms. The minimum atomic E-state index is -1.86. The summed E-state index contributed by atoms with van der Waals surface area (Å²) in [6.45, 7) is 11.3. The maximum atomic E-state index is 6.16. The molecule has 1 aliphatic carbocycles. The summed E-state index contributed by atoms with van der Waals surface area (Å²) < 4.78 is 7.70. The summed E-state index contributed by atoms with van der Waals surface area (Å²) in [6, 6.07) is 29.5. The van der Waals surface area contributed by atoms with Gasteiger partial charge in [0.1, 0.15) is 0 Å². The van der Waals surface area contributed by atoms with Crippen LogP contribution in [0.3, 0.4) is 0 Å². The summed E-state index contributed by atoms with van der Waals surface area (Å²) in [5.74, 6) is 8.73. The van der Waals surface area contributed by atoms with Gasteiger partial charge in [0.05, 0.1) is 5.58 Å². The van der Waals surface area contributed by atoms with Crippen molar-refractivity contribution >= 4 is 39.7 Å². The first-order valence-electron chi connectivity index (χ1n) is 17.6. The fourth-order valence-corrected chi connectivity index (χ4v) is 10.6. The Kier molecular flexibility index (Phi) is 11.7. The average molecular weight is 889 g/mol. The van der Waals surface area contributed by atoms with E-state index < -0.39 is 13.3 Å². The Bertz CT molecular complexity index is 2020. The van der Waals surface area contributed by atoms with Crippen LogP contribution in [0, 0.1) is 30.9 Å². The summed E-state index contributed by atoms with van der Waals surface area (Å²) in [4.78, 5) is 13.9. The molecule has 0 aliphatic heterocycles. The van der Waals surface area contributed by atoms with Gasteiger partial charge >= 0.3 is 126 Å². The molecule has 0 spiro atoms. The van der Waals surface area contributed by atoms with Gasteiger partial charge in [-0.3, -0.25) is 0 Å². The van der Waals surface area contributed by atoms with Crippen molar-refractivity contribution in [2.45, 2.75) is 89.4 Å². The maximum Gasteiger partial charge on any atom is 0.216 e. The van der Waals surface area contributed by atoms with Crippen LogP contribution in [0.4, 0.5) is 0 Å². The van der Waals surface area contributed by atoms with Crippen LogP contribution in [0.1, 0.15) is 70.2 Å². The van der Waals surface area contributed by atoms with Crippen molar-refractivity contribution < 1.29 is 24.5 Å². The second kappa shape index (κ2) is 15.4. The number of aryl methyl sites for hydroxylation is 1. The van der Waals surface area contributed by atoms with Gasteiger partial charge in [-0.25, -0.2) is 4.98 Å². The molecule has 4 heterocycles. The van der Waals surface area contributed by atoms with Crippen LogP contribution < -0.4 is 4.40 Å². The topological polar surface area (TPSA) is 51.8 Å². The number of hydrogen-bond acceptors (Lipinski definition) is 4. The third-order valence-electron chi connectivity index (χ3n) is 9.98. The SMILES string of the molecule is CC(C)Cc1cc(-c2[c-]cccc2)nc[c]1[Ge]([CH3])([CH3])[CH3].Cc1ccc2c(n1)oc1c(-c3cc(C(C)(C)C4CCCC4)ccn3)[c-]ccc12.[Ir]. The quantitative estimate of drug-likeness (QED) is 0.118. The van der Waals surface area contributed by atoms with Gasteiger partial charge in [-0.05, 0) is 60.6 Å². The fraction of sp³-hybridized carbons (Fsp3) is 0.372. The molecule has 0 amide bonds. The molecule has 0 bridgehead atoms. The van der Waals surface area contributed by atoms with Crippen molar-refractivity contribution in [2.24, 2.45) is 11.8 Å². The molecule has 257 valence electrons. The zero-order valence-corrected chi connectivity index (χ0v) is 34.8. The van der Waals surface area contributed by atoms with Crippen molar-refractivity contribution in [3.8, 4) is 22.5 Å². The molecule has 0 N–H and O–H groups in total. The van der Waals surface area contributed by atoms with E-state index in [0.29, 0.717) is 11.6 Å². The van der Waals surface area contributed by atoms with Gasteiger partial charge in [0.25, 0.3) is 0 Å². The first-order valence-corrected chi connectivity index (χ1v) is 24.9. The van der Waals surface area contributed by atoms with Gasteiger partial charge in [-0.15, -0.1) is 18.2 Å². The molecular weight excluding hydrogens is 839 g/mol. The Morgan fingerprint density at radius 2 is 1.67 bits per heavy atom. The van der Waals surface area contributed by atoms with Crippen LogP contribution in [0.2, 0.25) is 17.3 Å². The Morgan fingerprint density at radius 3 is 2.37 bits per heavy atom. The Morgan fingerprint density at radius 1 is 0.898 bits per heavy atom. The zero-order chi connectivity index (χ0) is 34.1. The van der Waals surface area contributed by atoms with Crippen LogP contribution in [-0.4, -0.2) is 28.2 Å². The molecule has 6 aromatic rings. The summed E-state index contributed by atoms with van der Waals surface area (Å²) in [6.07, 6.45) is 10.5. The number of fused-ring (bicyclic) bond motifs is 3. The number of pyridine rings is 3. The fourth-order valence-electron chi connectivity index (χ4n) is 7.24. The number of nitrogens with zero attached hydrogens (tertiary/aromatic N) is 3. The van der Waals surface area contributed by atoms with Crippen LogP contribution in [0.5, 0.6) is 0 Å². The van der Waals surface area contributed by atoms with Gasteiger partial charge in [0.2, 0.25) is 5.71 Å². The van der Waals surface area contributed by atoms with E-state index in [4.69, 9.17) is 9.40 Å². The third-order valence-corrected chi connectivity index (χ3v) is 14.3. The number of hydrogen-bond donors (Lipinski definition) is 0. The van der Waals surface area contributed by atoms with Gasteiger partial charge in [0.15, 0.2) is 0 Å². The summed E-state index contributed by atoms with van der Waals surface area (Å²) in [5, 5.41) is 2.11. The van der Waals surface area contributed by atoms with E-state index in [1.54, 1.807) is 4.40 Å². The molecular formula is C43H49GeIrN3O-2. The van der Waals surface area contributed by atoms with Crippen molar-refractivity contribution in [1.82, 2.24) is 15.0 Å². The Hall–Kier alpha value is -3.12. The molecule has 4 nitrogen and oxygen atoms in total. The summed E-state index contributed by atoms with van der Waals surface area (Å²) >= 11 is -1.86. The predicted octanol–water partition coefficient (Wildman–Crippen LogP) is 10.9.